The van der Waals surface area contributed by atoms with E-state index in [1.165, 1.54) is 72.4 Å². The van der Waals surface area contributed by atoms with E-state index in [1.807, 2.05) is 0 Å². The SMILES string of the molecule is C.C.CC(=O)SCCCCCC(=O)N[C@@H](CC(=O)ON1C(=O)CCC1=O)C(=O)NCCCC(=O)OCc1oc(=O)oc1C.CN.CNC(=O)C[C@H](NC(=O)CCCCCS)C(=O)NCCN.CNC(=O)C[C@H](NC(=O)CCCCCSC(C)=O)C(=O)NCCCC(=O)OCc1oc(=O)oc1C.CSSC.CSSC.CSSC. The Labute approximate surface area is 701 Å². The number of hydrogen-bond donors (Lipinski definition) is 11. The minimum atomic E-state index is -1.37. The lowest BCUT2D eigenvalue weighted by molar-refractivity contribution is -0.197. The first kappa shape index (κ1) is 118. The highest BCUT2D eigenvalue weighted by Crippen LogP contribution is 2.16. The Hall–Kier alpha value is -6.26. The topological polar surface area (TPSA) is 522 Å². The Morgan fingerprint density at radius 3 is 1.07 bits per heavy atom. The molecular formula is C69H123N11O24S9. The molecule has 0 saturated carbocycles. The summed E-state index contributed by atoms with van der Waals surface area (Å²) in [6.45, 7) is 6.16. The maximum Gasteiger partial charge on any atom is 0.519 e. The summed E-state index contributed by atoms with van der Waals surface area (Å²) in [5, 5.41) is 20.6. The number of nitrogens with zero attached hydrogens (tertiary/aromatic N) is 1. The number of ether oxygens (including phenoxy) is 2. The van der Waals surface area contributed by atoms with Crippen LogP contribution in [0.4, 0.5) is 0 Å². The zero-order valence-corrected chi connectivity index (χ0v) is 73.0. The summed E-state index contributed by atoms with van der Waals surface area (Å²) in [6, 6.07) is -3.28. The van der Waals surface area contributed by atoms with Crippen molar-refractivity contribution in [1.29, 1.82) is 0 Å². The summed E-state index contributed by atoms with van der Waals surface area (Å²) in [4.78, 5) is 205. The minimum absolute atomic E-state index is 0. The quantitative estimate of drug-likeness (QED) is 0.0109. The third-order valence-corrected chi connectivity index (χ3v) is 19.8. The van der Waals surface area contributed by atoms with Crippen LogP contribution in [0.15, 0.2) is 27.3 Å². The summed E-state index contributed by atoms with van der Waals surface area (Å²) in [5.41, 5.74) is 9.81. The lowest BCUT2D eigenvalue weighted by Crippen LogP contribution is -2.49. The summed E-state index contributed by atoms with van der Waals surface area (Å²) in [7, 11) is 15.1. The molecule has 1 aliphatic rings. The number of nitrogens with two attached hydrogens (primary N) is 2. The smallest absolute Gasteiger partial charge is 0.457 e. The first-order valence-electron chi connectivity index (χ1n) is 34.9. The Morgan fingerprint density at radius 1 is 0.451 bits per heavy atom. The summed E-state index contributed by atoms with van der Waals surface area (Å²) in [6.07, 6.45) is 18.8. The maximum absolute atomic E-state index is 12.8. The Kier molecular flexibility index (Phi) is 81.5. The molecule has 3 rings (SSSR count). The third-order valence-electron chi connectivity index (χ3n) is 13.7. The fourth-order valence-corrected chi connectivity index (χ4v) is 9.50. The zero-order chi connectivity index (χ0) is 84.9. The van der Waals surface area contributed by atoms with Crippen LogP contribution in [0.2, 0.25) is 0 Å². The number of amides is 10. The predicted molar refractivity (Wildman–Crippen MR) is 455 cm³/mol. The van der Waals surface area contributed by atoms with Gasteiger partial charge in [-0.15, -0.1) is 5.06 Å². The minimum Gasteiger partial charge on any atom is -0.457 e. The lowest BCUT2D eigenvalue weighted by atomic mass is 10.1. The van der Waals surface area contributed by atoms with Gasteiger partial charge in [0.2, 0.25) is 47.3 Å². The monoisotopic (exact) mass is 1780 g/mol. The number of nitrogens with one attached hydrogen (secondary N) is 8. The number of aryl methyl sites for hydroxylation is 2. The van der Waals surface area contributed by atoms with Crippen molar-refractivity contribution in [3.05, 3.63) is 44.3 Å². The Balaban J connectivity index is -0.000000359. The Bertz CT molecular complexity index is 3150. The van der Waals surface area contributed by atoms with Crippen molar-refractivity contribution in [3.63, 3.8) is 0 Å². The molecule has 12 N–H and O–H groups in total. The molecular weight excluding hydrogens is 1660 g/mol. The third kappa shape index (κ3) is 67.6. The number of esters is 2. The van der Waals surface area contributed by atoms with Crippen molar-refractivity contribution < 1.29 is 104 Å². The summed E-state index contributed by atoms with van der Waals surface area (Å²) >= 11 is 6.54. The van der Waals surface area contributed by atoms with Gasteiger partial charge in [0.25, 0.3) is 11.8 Å². The van der Waals surface area contributed by atoms with E-state index in [1.54, 1.807) is 64.8 Å². The average Bonchev–Trinajstić information content (AvgIpc) is 1.76. The van der Waals surface area contributed by atoms with Gasteiger partial charge in [-0.05, 0) is 116 Å². The largest absolute Gasteiger partial charge is 0.519 e. The van der Waals surface area contributed by atoms with Gasteiger partial charge in [0.05, 0.1) is 19.3 Å². The Morgan fingerprint density at radius 2 is 0.779 bits per heavy atom. The molecule has 35 nitrogen and oxygen atoms in total. The second-order valence-electron chi connectivity index (χ2n) is 22.3. The van der Waals surface area contributed by atoms with E-state index in [0.717, 1.165) is 44.3 Å². The van der Waals surface area contributed by atoms with Crippen LogP contribution < -0.4 is 65.6 Å². The molecule has 44 heteroatoms. The molecule has 3 heterocycles. The molecule has 2 aromatic heterocycles. The highest BCUT2D eigenvalue weighted by atomic mass is 33.1. The normalized spacial score (nSPS) is 11.5. The van der Waals surface area contributed by atoms with Crippen LogP contribution in [-0.2, 0) is 99.4 Å². The van der Waals surface area contributed by atoms with Gasteiger partial charge in [0.15, 0.2) is 46.5 Å². The molecule has 0 spiro atoms. The summed E-state index contributed by atoms with van der Waals surface area (Å²) < 4.78 is 28.8. The standard InChI is InChI=1S/C25H33N3O12S.C22H33N3O9S.C13H26N4O3S.3C2H6S2.CH5N.2CH4/c1-15-18(39-25(36)38-15)14-37-22(33)8-6-11-26-24(35)17(13-23(34)40-28-20(31)9-10-21(28)32)27-19(30)7-4-3-5-12-41-16(2)29;1-14-17(34-22(31)33-14)13-32-20(29)9-7-10-24-21(30)16(12-19(28)23-3)25-18(27)8-5-4-6-11-35-15(2)26;1-15-12(19)9-10(13(20)16-7-6-14)17-11(18)5-3-2-4-8-21;3*1-3-4-2;1-2;;/h17H,3-14H2,1-2H3,(H,26,35)(H,27,30);16H,4-13H2,1-3H3,(H,23,28)(H,24,30)(H,25,27);10,21H,2-9,14H2,1H3,(H,15,19)(H,16,20)(H,17,18);3*1-2H3;2H2,1H3;2*1H4/t17-;16-;10-;;;;;;/m000....../s1. The van der Waals surface area contributed by atoms with E-state index in [9.17, 15) is 81.5 Å². The summed E-state index contributed by atoms with van der Waals surface area (Å²) in [5.74, 6) is -6.14. The van der Waals surface area contributed by atoms with Gasteiger partial charge in [0.1, 0.15) is 18.1 Å². The molecule has 0 radical (unpaired) electrons. The molecule has 1 aliphatic heterocycles. The van der Waals surface area contributed by atoms with E-state index in [4.69, 9.17) is 28.9 Å². The molecule has 0 aromatic carbocycles. The molecule has 3 atom stereocenters. The van der Waals surface area contributed by atoms with Crippen LogP contribution in [0.3, 0.4) is 0 Å². The lowest BCUT2D eigenvalue weighted by Gasteiger charge is -2.19. The number of carbonyl (C=O) groups is 15. The van der Waals surface area contributed by atoms with Crippen LogP contribution >= 0.6 is 101 Å². The van der Waals surface area contributed by atoms with Gasteiger partial charge in [0, 0.05) is 111 Å². The molecule has 10 amide bonds. The zero-order valence-electron chi connectivity index (χ0n) is 65.6. The first-order chi connectivity index (χ1) is 52.9. The first-order valence-corrected chi connectivity index (χ1v) is 46.4. The fraction of sp³-hybridized carbons (Fsp3) is 0.696. The number of hydrogen-bond acceptors (Lipinski definition) is 35. The van der Waals surface area contributed by atoms with Crippen molar-refractivity contribution >= 4 is 188 Å². The highest BCUT2D eigenvalue weighted by molar-refractivity contribution is 8.76. The van der Waals surface area contributed by atoms with Crippen molar-refractivity contribution in [3.8, 4) is 0 Å². The molecule has 1 fully saturated rings. The second kappa shape index (κ2) is 78.3. The average molecular weight is 1780 g/mol. The van der Waals surface area contributed by atoms with Crippen LogP contribution in [0.1, 0.15) is 187 Å². The molecule has 113 heavy (non-hydrogen) atoms. The van der Waals surface area contributed by atoms with Gasteiger partial charge < -0.3 is 86.0 Å². The second-order valence-corrected chi connectivity index (χ2v) is 33.2. The molecule has 0 aliphatic carbocycles. The van der Waals surface area contributed by atoms with Crippen molar-refractivity contribution in [1.82, 2.24) is 47.6 Å². The van der Waals surface area contributed by atoms with Gasteiger partial charge in [-0.2, -0.15) is 12.6 Å². The van der Waals surface area contributed by atoms with E-state index in [2.05, 4.69) is 107 Å². The van der Waals surface area contributed by atoms with E-state index in [0.29, 0.717) is 55.3 Å². The number of thioether (sulfide) groups is 2. The van der Waals surface area contributed by atoms with Crippen LogP contribution in [0.25, 0.3) is 0 Å². The number of imide groups is 1. The van der Waals surface area contributed by atoms with Crippen LogP contribution in [0.5, 0.6) is 0 Å². The molecule has 1 saturated heterocycles. The number of hydroxylamine groups is 2. The van der Waals surface area contributed by atoms with E-state index >= 15 is 0 Å². The van der Waals surface area contributed by atoms with Gasteiger partial charge in [-0.1, -0.05) is 122 Å². The van der Waals surface area contributed by atoms with Crippen molar-refractivity contribution in [2.45, 2.75) is 209 Å². The van der Waals surface area contributed by atoms with E-state index < -0.39 is 95.4 Å². The van der Waals surface area contributed by atoms with Crippen molar-refractivity contribution in [2.24, 2.45) is 11.5 Å². The van der Waals surface area contributed by atoms with Crippen molar-refractivity contribution in [2.75, 3.05) is 102 Å². The molecule has 0 bridgehead atoms. The van der Waals surface area contributed by atoms with Gasteiger partial charge in [-0.3, -0.25) is 67.1 Å². The molecule has 0 unspecified atom stereocenters. The molecule has 2 aromatic rings. The number of unbranched alkanes of at least 4 members (excludes halogenated alkanes) is 6. The number of rotatable bonds is 47. The van der Waals surface area contributed by atoms with E-state index in [-0.39, 0.29) is 156 Å². The highest BCUT2D eigenvalue weighted by Gasteiger charge is 2.35. The number of thiol groups is 1. The van der Waals surface area contributed by atoms with Gasteiger partial charge >= 0.3 is 29.6 Å². The number of carbonyl (C=O) groups excluding carboxylic acids is 15. The van der Waals surface area contributed by atoms with Gasteiger partial charge in [-0.25, -0.2) is 14.4 Å². The fourth-order valence-electron chi connectivity index (χ4n) is 8.00. The predicted octanol–water partition coefficient (Wildman–Crippen LogP) is 6.65. The molecule has 652 valence electrons. The maximum atomic E-state index is 12.8. The van der Waals surface area contributed by atoms with Crippen LogP contribution in [-0.4, -0.2) is 213 Å². The van der Waals surface area contributed by atoms with Crippen LogP contribution in [0, 0.1) is 13.8 Å².